The van der Waals surface area contributed by atoms with E-state index in [0.717, 1.165) is 12.8 Å². The Morgan fingerprint density at radius 3 is 2.59 bits per heavy atom. The molecule has 1 N–H and O–H groups in total. The molecule has 0 spiro atoms. The van der Waals surface area contributed by atoms with Crippen LogP contribution in [0.5, 0.6) is 0 Å². The Balaban J connectivity index is 1.81. The number of carbonyl (C=O) groups excluding carboxylic acids is 1. The summed E-state index contributed by atoms with van der Waals surface area (Å²) in [4.78, 5) is 10.8. The minimum atomic E-state index is -3.32. The van der Waals surface area contributed by atoms with Crippen molar-refractivity contribution in [2.75, 3.05) is 19.8 Å². The van der Waals surface area contributed by atoms with Gasteiger partial charge in [0.1, 0.15) is 6.10 Å². The van der Waals surface area contributed by atoms with Gasteiger partial charge in [-0.3, -0.25) is 0 Å². The van der Waals surface area contributed by atoms with Crippen LogP contribution >= 0.6 is 0 Å². The highest BCUT2D eigenvalue weighted by Crippen LogP contribution is 2.31. The van der Waals surface area contributed by atoms with E-state index in [2.05, 4.69) is 10.1 Å². The standard InChI is InChI=1S/C11H17F2NO3/c1-10(2-4-16-5-3-10)14-7-8-6-11(12,13)9(15)17-8/h8,14H,2-7H2,1H3. The van der Waals surface area contributed by atoms with Crippen molar-refractivity contribution in [1.29, 1.82) is 0 Å². The molecule has 0 saturated carbocycles. The molecule has 0 aromatic carbocycles. The van der Waals surface area contributed by atoms with Crippen LogP contribution in [0.4, 0.5) is 8.78 Å². The molecule has 1 atom stereocenters. The summed E-state index contributed by atoms with van der Waals surface area (Å²) >= 11 is 0. The normalized spacial score (nSPS) is 31.2. The molecular weight excluding hydrogens is 232 g/mol. The van der Waals surface area contributed by atoms with Gasteiger partial charge in [0.15, 0.2) is 0 Å². The minimum absolute atomic E-state index is 0.109. The third-order valence-corrected chi connectivity index (χ3v) is 3.41. The topological polar surface area (TPSA) is 47.6 Å². The van der Waals surface area contributed by atoms with Crippen molar-refractivity contribution in [3.63, 3.8) is 0 Å². The second-order valence-electron chi connectivity index (χ2n) is 4.99. The predicted molar refractivity (Wildman–Crippen MR) is 55.9 cm³/mol. The number of rotatable bonds is 3. The Morgan fingerprint density at radius 1 is 1.41 bits per heavy atom. The number of alkyl halides is 2. The highest BCUT2D eigenvalue weighted by atomic mass is 19.3. The summed E-state index contributed by atoms with van der Waals surface area (Å²) < 4.78 is 35.7. The lowest BCUT2D eigenvalue weighted by molar-refractivity contribution is -0.159. The second-order valence-corrected chi connectivity index (χ2v) is 4.99. The number of cyclic esters (lactones) is 1. The third-order valence-electron chi connectivity index (χ3n) is 3.41. The Labute approximate surface area is 98.6 Å². The lowest BCUT2D eigenvalue weighted by Gasteiger charge is -2.35. The monoisotopic (exact) mass is 249 g/mol. The molecule has 0 radical (unpaired) electrons. The second kappa shape index (κ2) is 4.49. The van der Waals surface area contributed by atoms with Gasteiger partial charge in [-0.2, -0.15) is 8.78 Å². The van der Waals surface area contributed by atoms with Crippen LogP contribution in [0.1, 0.15) is 26.2 Å². The minimum Gasteiger partial charge on any atom is -0.456 e. The van der Waals surface area contributed by atoms with Crippen molar-refractivity contribution in [1.82, 2.24) is 5.32 Å². The average molecular weight is 249 g/mol. The first-order valence-electron chi connectivity index (χ1n) is 5.83. The van der Waals surface area contributed by atoms with Crippen LogP contribution in [-0.4, -0.2) is 43.3 Å². The lowest BCUT2D eigenvalue weighted by Crippen LogP contribution is -2.49. The Kier molecular flexibility index (Phi) is 3.36. The van der Waals surface area contributed by atoms with Gasteiger partial charge >= 0.3 is 11.9 Å². The van der Waals surface area contributed by atoms with Crippen molar-refractivity contribution in [2.45, 2.75) is 43.8 Å². The largest absolute Gasteiger partial charge is 0.456 e. The molecule has 0 bridgehead atoms. The molecule has 2 rings (SSSR count). The molecule has 0 aromatic heterocycles. The van der Waals surface area contributed by atoms with E-state index in [1.54, 1.807) is 0 Å². The average Bonchev–Trinajstić information content (AvgIpc) is 2.52. The molecule has 0 aliphatic carbocycles. The number of hydrogen-bond acceptors (Lipinski definition) is 4. The van der Waals surface area contributed by atoms with Crippen LogP contribution in [0.2, 0.25) is 0 Å². The summed E-state index contributed by atoms with van der Waals surface area (Å²) in [6.07, 6.45) is 0.427. The highest BCUT2D eigenvalue weighted by Gasteiger charge is 2.50. The van der Waals surface area contributed by atoms with Crippen molar-refractivity contribution < 1.29 is 23.0 Å². The zero-order valence-electron chi connectivity index (χ0n) is 9.80. The molecule has 17 heavy (non-hydrogen) atoms. The molecule has 0 amide bonds. The van der Waals surface area contributed by atoms with Crippen LogP contribution in [0, 0.1) is 0 Å². The van der Waals surface area contributed by atoms with Crippen molar-refractivity contribution in [3.05, 3.63) is 0 Å². The van der Waals surface area contributed by atoms with E-state index >= 15 is 0 Å². The smallest absolute Gasteiger partial charge is 0.377 e. The molecule has 98 valence electrons. The van der Waals surface area contributed by atoms with Crippen molar-refractivity contribution in [2.24, 2.45) is 0 Å². The third kappa shape index (κ3) is 2.93. The summed E-state index contributed by atoms with van der Waals surface area (Å²) in [5, 5.41) is 3.21. The molecule has 2 saturated heterocycles. The number of esters is 1. The molecule has 2 aliphatic rings. The lowest BCUT2D eigenvalue weighted by atomic mass is 9.92. The summed E-state index contributed by atoms with van der Waals surface area (Å²) in [6.45, 7) is 3.65. The van der Waals surface area contributed by atoms with Gasteiger partial charge in [-0.05, 0) is 19.8 Å². The quantitative estimate of drug-likeness (QED) is 0.761. The van der Waals surface area contributed by atoms with Crippen molar-refractivity contribution >= 4 is 5.97 Å². The summed E-state index contributed by atoms with van der Waals surface area (Å²) in [7, 11) is 0. The van der Waals surface area contributed by atoms with Gasteiger partial charge in [0.05, 0.1) is 6.42 Å². The van der Waals surface area contributed by atoms with Gasteiger partial charge in [-0.1, -0.05) is 0 Å². The first-order chi connectivity index (χ1) is 7.91. The predicted octanol–water partition coefficient (Wildman–Crippen LogP) is 1.10. The number of halogens is 2. The molecule has 6 heteroatoms. The number of hydrogen-bond donors (Lipinski definition) is 1. The van der Waals surface area contributed by atoms with Crippen LogP contribution < -0.4 is 5.32 Å². The maximum absolute atomic E-state index is 12.9. The van der Waals surface area contributed by atoms with E-state index in [0.29, 0.717) is 13.2 Å². The van der Waals surface area contributed by atoms with Crippen molar-refractivity contribution in [3.8, 4) is 0 Å². The Hall–Kier alpha value is -0.750. The molecule has 4 nitrogen and oxygen atoms in total. The zero-order chi connectivity index (χ0) is 12.5. The van der Waals surface area contributed by atoms with Crippen LogP contribution in [-0.2, 0) is 14.3 Å². The van der Waals surface area contributed by atoms with Crippen LogP contribution in [0.3, 0.4) is 0 Å². The van der Waals surface area contributed by atoms with E-state index in [4.69, 9.17) is 4.74 Å². The maximum atomic E-state index is 12.9. The van der Waals surface area contributed by atoms with Gasteiger partial charge < -0.3 is 14.8 Å². The SMILES string of the molecule is CC1(NCC2CC(F)(F)C(=O)O2)CCOCC1. The first-order valence-corrected chi connectivity index (χ1v) is 5.83. The molecule has 1 unspecified atom stereocenters. The van der Waals surface area contributed by atoms with Gasteiger partial charge in [0.25, 0.3) is 0 Å². The summed E-state index contributed by atoms with van der Waals surface area (Å²) in [5.41, 5.74) is -0.109. The van der Waals surface area contributed by atoms with E-state index in [1.165, 1.54) is 0 Å². The van der Waals surface area contributed by atoms with E-state index < -0.39 is 24.4 Å². The molecule has 2 fully saturated rings. The zero-order valence-corrected chi connectivity index (χ0v) is 9.80. The van der Waals surface area contributed by atoms with Gasteiger partial charge in [0, 0.05) is 25.3 Å². The number of nitrogens with one attached hydrogen (secondary N) is 1. The first kappa shape index (κ1) is 12.7. The molecular formula is C11H17F2NO3. The van der Waals surface area contributed by atoms with E-state index in [-0.39, 0.29) is 12.1 Å². The molecule has 0 aromatic rings. The highest BCUT2D eigenvalue weighted by molar-refractivity contribution is 5.79. The molecule has 2 aliphatic heterocycles. The number of ether oxygens (including phenoxy) is 2. The summed E-state index contributed by atoms with van der Waals surface area (Å²) in [6, 6.07) is 0. The van der Waals surface area contributed by atoms with Crippen LogP contribution in [0.15, 0.2) is 0 Å². The fourth-order valence-corrected chi connectivity index (χ4v) is 2.12. The van der Waals surface area contributed by atoms with Gasteiger partial charge in [-0.25, -0.2) is 4.79 Å². The number of carbonyl (C=O) groups is 1. The van der Waals surface area contributed by atoms with E-state index in [9.17, 15) is 13.6 Å². The maximum Gasteiger partial charge on any atom is 0.377 e. The van der Waals surface area contributed by atoms with Gasteiger partial charge in [0.2, 0.25) is 0 Å². The van der Waals surface area contributed by atoms with E-state index in [1.807, 2.05) is 6.92 Å². The summed E-state index contributed by atoms with van der Waals surface area (Å²) in [5.74, 6) is -4.72. The Morgan fingerprint density at radius 2 is 2.06 bits per heavy atom. The van der Waals surface area contributed by atoms with Crippen LogP contribution in [0.25, 0.3) is 0 Å². The fourth-order valence-electron chi connectivity index (χ4n) is 2.12. The van der Waals surface area contributed by atoms with Gasteiger partial charge in [-0.15, -0.1) is 0 Å². The molecule has 2 heterocycles. The fraction of sp³-hybridized carbons (Fsp3) is 0.909. The Bertz CT molecular complexity index is 303.